The Hall–Kier alpha value is -3.35. The van der Waals surface area contributed by atoms with E-state index in [0.717, 1.165) is 32.1 Å². The van der Waals surface area contributed by atoms with Gasteiger partial charge >= 0.3 is 5.97 Å². The summed E-state index contributed by atoms with van der Waals surface area (Å²) in [5, 5.41) is 8.93. The normalized spacial score (nSPS) is 13.8. The topological polar surface area (TPSA) is 96.5 Å². The van der Waals surface area contributed by atoms with E-state index in [1.807, 2.05) is 13.0 Å². The number of carbonyl (C=O) groups is 3. The lowest BCUT2D eigenvalue weighted by molar-refractivity contribution is -0.114. The van der Waals surface area contributed by atoms with E-state index >= 15 is 0 Å². The summed E-state index contributed by atoms with van der Waals surface area (Å²) in [6.45, 7) is 2.36. The molecule has 1 aliphatic rings. The third-order valence-corrected chi connectivity index (χ3v) is 5.36. The summed E-state index contributed by atoms with van der Waals surface area (Å²) in [5.74, 6) is -0.690. The minimum absolute atomic E-state index is 0.0496. The predicted molar refractivity (Wildman–Crippen MR) is 125 cm³/mol. The van der Waals surface area contributed by atoms with Crippen LogP contribution in [0.5, 0.6) is 0 Å². The van der Waals surface area contributed by atoms with Crippen LogP contribution in [0.15, 0.2) is 48.5 Å². The van der Waals surface area contributed by atoms with Crippen LogP contribution in [0.1, 0.15) is 66.2 Å². The molecule has 7 nitrogen and oxygen atoms in total. The number of hydrogen-bond donors (Lipinski definition) is 3. The average molecular weight is 438 g/mol. The highest BCUT2D eigenvalue weighted by Gasteiger charge is 2.17. The molecular weight excluding hydrogens is 406 g/mol. The molecule has 1 saturated carbocycles. The van der Waals surface area contributed by atoms with Crippen molar-refractivity contribution >= 4 is 29.2 Å². The number of amides is 2. The van der Waals surface area contributed by atoms with Crippen molar-refractivity contribution < 1.29 is 19.1 Å². The van der Waals surface area contributed by atoms with Crippen molar-refractivity contribution in [3.8, 4) is 0 Å². The third-order valence-electron chi connectivity index (χ3n) is 5.36. The molecule has 3 rings (SSSR count). The van der Waals surface area contributed by atoms with E-state index in [4.69, 9.17) is 4.74 Å². The molecule has 2 aromatic carbocycles. The molecule has 2 amide bonds. The second kappa shape index (κ2) is 11.9. The van der Waals surface area contributed by atoms with Gasteiger partial charge in [-0.3, -0.25) is 9.59 Å². The smallest absolute Gasteiger partial charge is 0.338 e. The van der Waals surface area contributed by atoms with Gasteiger partial charge in [0, 0.05) is 23.0 Å². The van der Waals surface area contributed by atoms with Crippen LogP contribution in [0.25, 0.3) is 0 Å². The molecule has 32 heavy (non-hydrogen) atoms. The Morgan fingerprint density at radius 3 is 2.41 bits per heavy atom. The Morgan fingerprint density at radius 1 is 0.938 bits per heavy atom. The minimum Gasteiger partial charge on any atom is -0.462 e. The number of hydrogen-bond acceptors (Lipinski definition) is 5. The van der Waals surface area contributed by atoms with Crippen molar-refractivity contribution in [1.82, 2.24) is 5.32 Å². The Morgan fingerprint density at radius 2 is 1.69 bits per heavy atom. The van der Waals surface area contributed by atoms with Gasteiger partial charge in [0.1, 0.15) is 0 Å². The van der Waals surface area contributed by atoms with Crippen LogP contribution in [-0.4, -0.2) is 37.0 Å². The van der Waals surface area contributed by atoms with Crippen LogP contribution < -0.4 is 16.0 Å². The molecule has 0 unspecified atom stereocenters. The van der Waals surface area contributed by atoms with Gasteiger partial charge in [-0.1, -0.05) is 32.3 Å². The van der Waals surface area contributed by atoms with E-state index in [1.54, 1.807) is 42.5 Å². The minimum atomic E-state index is -0.376. The molecule has 7 heteroatoms. The molecule has 1 fully saturated rings. The van der Waals surface area contributed by atoms with Crippen molar-refractivity contribution in [3.05, 3.63) is 59.7 Å². The number of benzene rings is 2. The number of rotatable bonds is 9. The molecule has 0 radical (unpaired) electrons. The number of nitrogens with one attached hydrogen (secondary N) is 3. The van der Waals surface area contributed by atoms with E-state index in [-0.39, 0.29) is 30.4 Å². The summed E-state index contributed by atoms with van der Waals surface area (Å²) in [7, 11) is 0. The highest BCUT2D eigenvalue weighted by Crippen LogP contribution is 2.18. The second-order valence-electron chi connectivity index (χ2n) is 8.00. The molecule has 0 spiro atoms. The van der Waals surface area contributed by atoms with Crippen LogP contribution in [0.4, 0.5) is 11.4 Å². The van der Waals surface area contributed by atoms with Gasteiger partial charge in [-0.05, 0) is 61.7 Å². The van der Waals surface area contributed by atoms with Crippen LogP contribution in [0.2, 0.25) is 0 Å². The van der Waals surface area contributed by atoms with Gasteiger partial charge in [0.05, 0.1) is 18.7 Å². The monoisotopic (exact) mass is 437 g/mol. The molecule has 170 valence electrons. The van der Waals surface area contributed by atoms with Gasteiger partial charge < -0.3 is 20.7 Å². The number of carbonyl (C=O) groups excluding carboxylic acids is 3. The maximum absolute atomic E-state index is 12.5. The van der Waals surface area contributed by atoms with Crippen molar-refractivity contribution in [2.45, 2.75) is 51.5 Å². The van der Waals surface area contributed by atoms with Gasteiger partial charge in [-0.25, -0.2) is 4.79 Å². The van der Waals surface area contributed by atoms with Crippen LogP contribution >= 0.6 is 0 Å². The summed E-state index contributed by atoms with van der Waals surface area (Å²) >= 11 is 0. The van der Waals surface area contributed by atoms with E-state index < -0.39 is 0 Å². The van der Waals surface area contributed by atoms with E-state index in [0.29, 0.717) is 29.1 Å². The molecule has 0 aliphatic heterocycles. The molecule has 0 heterocycles. The average Bonchev–Trinajstić information content (AvgIpc) is 2.82. The van der Waals surface area contributed by atoms with E-state index in [2.05, 4.69) is 16.0 Å². The first-order valence-electron chi connectivity index (χ1n) is 11.3. The van der Waals surface area contributed by atoms with Gasteiger partial charge in [-0.2, -0.15) is 0 Å². The lowest BCUT2D eigenvalue weighted by atomic mass is 9.95. The van der Waals surface area contributed by atoms with Gasteiger partial charge in [0.2, 0.25) is 5.91 Å². The van der Waals surface area contributed by atoms with E-state index in [1.165, 1.54) is 6.42 Å². The quantitative estimate of drug-likeness (QED) is 0.506. The standard InChI is InChI=1S/C25H31N3O4/c1-2-15-32-25(31)18-11-13-21(14-12-18)27-23(29)17-26-22-10-6-7-19(16-22)24(30)28-20-8-4-3-5-9-20/h6-7,10-14,16,20,26H,2-5,8-9,15,17H2,1H3,(H,27,29)(H,28,30). The van der Waals surface area contributed by atoms with Crippen molar-refractivity contribution in [2.24, 2.45) is 0 Å². The molecule has 0 atom stereocenters. The number of ether oxygens (including phenoxy) is 1. The Balaban J connectivity index is 1.47. The van der Waals surface area contributed by atoms with Gasteiger partial charge in [0.15, 0.2) is 0 Å². The highest BCUT2D eigenvalue weighted by molar-refractivity contribution is 5.96. The zero-order chi connectivity index (χ0) is 22.8. The zero-order valence-corrected chi connectivity index (χ0v) is 18.5. The summed E-state index contributed by atoms with van der Waals surface area (Å²) in [6.07, 6.45) is 6.39. The largest absolute Gasteiger partial charge is 0.462 e. The first kappa shape index (κ1) is 23.3. The summed E-state index contributed by atoms with van der Waals surface area (Å²) in [4.78, 5) is 36.6. The summed E-state index contributed by atoms with van der Waals surface area (Å²) in [5.41, 5.74) is 2.30. The molecule has 0 saturated heterocycles. The lowest BCUT2D eigenvalue weighted by Gasteiger charge is -2.22. The summed E-state index contributed by atoms with van der Waals surface area (Å²) in [6, 6.07) is 14.0. The summed E-state index contributed by atoms with van der Waals surface area (Å²) < 4.78 is 5.09. The van der Waals surface area contributed by atoms with Crippen molar-refractivity contribution in [1.29, 1.82) is 0 Å². The third kappa shape index (κ3) is 7.11. The van der Waals surface area contributed by atoms with Crippen LogP contribution in [0, 0.1) is 0 Å². The number of anilines is 2. The zero-order valence-electron chi connectivity index (χ0n) is 18.5. The molecule has 1 aliphatic carbocycles. The van der Waals surface area contributed by atoms with Gasteiger partial charge in [-0.15, -0.1) is 0 Å². The van der Waals surface area contributed by atoms with Crippen LogP contribution in [-0.2, 0) is 9.53 Å². The molecule has 3 N–H and O–H groups in total. The maximum atomic E-state index is 12.5. The fraction of sp³-hybridized carbons (Fsp3) is 0.400. The lowest BCUT2D eigenvalue weighted by Crippen LogP contribution is -2.36. The van der Waals surface area contributed by atoms with E-state index in [9.17, 15) is 14.4 Å². The highest BCUT2D eigenvalue weighted by atomic mass is 16.5. The fourth-order valence-electron chi connectivity index (χ4n) is 3.64. The molecule has 0 aromatic heterocycles. The molecule has 0 bridgehead atoms. The maximum Gasteiger partial charge on any atom is 0.338 e. The van der Waals surface area contributed by atoms with Crippen molar-refractivity contribution in [3.63, 3.8) is 0 Å². The fourth-order valence-corrected chi connectivity index (χ4v) is 3.64. The molecule has 2 aromatic rings. The Kier molecular flexibility index (Phi) is 8.66. The Bertz CT molecular complexity index is 921. The predicted octanol–water partition coefficient (Wildman–Crippen LogP) is 4.37. The second-order valence-corrected chi connectivity index (χ2v) is 8.00. The first-order valence-corrected chi connectivity index (χ1v) is 11.3. The molecular formula is C25H31N3O4. The Labute approximate surface area is 188 Å². The first-order chi connectivity index (χ1) is 15.5. The SMILES string of the molecule is CCCOC(=O)c1ccc(NC(=O)CNc2cccc(C(=O)NC3CCCCC3)c2)cc1. The van der Waals surface area contributed by atoms with Gasteiger partial charge in [0.25, 0.3) is 5.91 Å². The number of esters is 1. The van der Waals surface area contributed by atoms with Crippen LogP contribution in [0.3, 0.4) is 0 Å². The van der Waals surface area contributed by atoms with Crippen molar-refractivity contribution in [2.75, 3.05) is 23.8 Å².